The van der Waals surface area contributed by atoms with Gasteiger partial charge in [-0.3, -0.25) is 4.79 Å². The number of rotatable bonds is 1. The number of hydrogen-bond acceptors (Lipinski definition) is 4. The standard InChI is InChI=1S/C11H9ClN2OS2/c12-11-13-8-2-1-6(3-9(8)17-11)14-5-7(16)4-10(14)15/h1-3,7,16H,4-5H2. The molecule has 17 heavy (non-hydrogen) atoms. The summed E-state index contributed by atoms with van der Waals surface area (Å²) in [4.78, 5) is 17.7. The van der Waals surface area contributed by atoms with Gasteiger partial charge in [-0.2, -0.15) is 12.6 Å². The Bertz CT molecular complexity index is 598. The van der Waals surface area contributed by atoms with Crippen molar-refractivity contribution in [3.05, 3.63) is 22.7 Å². The molecule has 0 N–H and O–H groups in total. The fourth-order valence-electron chi connectivity index (χ4n) is 1.99. The number of carbonyl (C=O) groups excluding carboxylic acids is 1. The molecule has 2 aromatic rings. The van der Waals surface area contributed by atoms with Crippen molar-refractivity contribution in [3.8, 4) is 0 Å². The Labute approximate surface area is 113 Å². The molecule has 88 valence electrons. The molecule has 1 amide bonds. The number of benzene rings is 1. The first-order valence-electron chi connectivity index (χ1n) is 5.18. The molecule has 0 aliphatic carbocycles. The predicted molar refractivity (Wildman–Crippen MR) is 74.4 cm³/mol. The normalized spacial score (nSPS) is 20.5. The molecule has 0 radical (unpaired) electrons. The van der Waals surface area contributed by atoms with Crippen LogP contribution in [0.1, 0.15) is 6.42 Å². The van der Waals surface area contributed by atoms with E-state index in [1.165, 1.54) is 11.3 Å². The molecular weight excluding hydrogens is 276 g/mol. The van der Waals surface area contributed by atoms with Gasteiger partial charge in [0.2, 0.25) is 5.91 Å². The Morgan fingerprint density at radius 1 is 1.53 bits per heavy atom. The molecule has 0 spiro atoms. The van der Waals surface area contributed by atoms with E-state index in [0.717, 1.165) is 15.9 Å². The lowest BCUT2D eigenvalue weighted by molar-refractivity contribution is -0.117. The first kappa shape index (κ1) is 11.3. The van der Waals surface area contributed by atoms with Crippen LogP contribution in [-0.4, -0.2) is 22.7 Å². The summed E-state index contributed by atoms with van der Waals surface area (Å²) < 4.78 is 1.53. The summed E-state index contributed by atoms with van der Waals surface area (Å²) in [5, 5.41) is 0.128. The molecule has 1 aromatic carbocycles. The number of thiazole rings is 1. The fourth-order valence-corrected chi connectivity index (χ4v) is 3.37. The second-order valence-electron chi connectivity index (χ2n) is 3.98. The van der Waals surface area contributed by atoms with Crippen LogP contribution in [-0.2, 0) is 4.79 Å². The van der Waals surface area contributed by atoms with Gasteiger partial charge in [0, 0.05) is 23.9 Å². The van der Waals surface area contributed by atoms with E-state index in [9.17, 15) is 4.79 Å². The van der Waals surface area contributed by atoms with Crippen LogP contribution in [0, 0.1) is 0 Å². The molecule has 1 saturated heterocycles. The van der Waals surface area contributed by atoms with Gasteiger partial charge in [0.25, 0.3) is 0 Å². The van der Waals surface area contributed by atoms with Crippen LogP contribution >= 0.6 is 35.6 Å². The fraction of sp³-hybridized carbons (Fsp3) is 0.273. The van der Waals surface area contributed by atoms with Gasteiger partial charge in [-0.05, 0) is 18.2 Å². The minimum atomic E-state index is 0.125. The summed E-state index contributed by atoms with van der Waals surface area (Å²) in [5.74, 6) is 0.125. The molecule has 0 saturated carbocycles. The van der Waals surface area contributed by atoms with Gasteiger partial charge in [0.15, 0.2) is 4.47 Å². The quantitative estimate of drug-likeness (QED) is 0.817. The molecular formula is C11H9ClN2OS2. The van der Waals surface area contributed by atoms with Crippen molar-refractivity contribution < 1.29 is 4.79 Å². The van der Waals surface area contributed by atoms with Crippen LogP contribution < -0.4 is 4.90 Å². The Kier molecular flexibility index (Phi) is 2.77. The number of anilines is 1. The van der Waals surface area contributed by atoms with E-state index in [1.807, 2.05) is 18.2 Å². The number of carbonyl (C=O) groups is 1. The van der Waals surface area contributed by atoms with Crippen molar-refractivity contribution in [2.45, 2.75) is 11.7 Å². The average Bonchev–Trinajstić information content (AvgIpc) is 2.78. The lowest BCUT2D eigenvalue weighted by Gasteiger charge is -2.15. The van der Waals surface area contributed by atoms with Crippen LogP contribution in [0.25, 0.3) is 10.2 Å². The number of nitrogens with zero attached hydrogens (tertiary/aromatic N) is 2. The highest BCUT2D eigenvalue weighted by molar-refractivity contribution is 7.81. The molecule has 1 aliphatic rings. The van der Waals surface area contributed by atoms with Gasteiger partial charge in [0.05, 0.1) is 10.2 Å². The highest BCUT2D eigenvalue weighted by atomic mass is 35.5. The number of amides is 1. The van der Waals surface area contributed by atoms with Crippen LogP contribution in [0.2, 0.25) is 4.47 Å². The Hall–Kier alpha value is -0.780. The zero-order chi connectivity index (χ0) is 12.0. The van der Waals surface area contributed by atoms with E-state index in [4.69, 9.17) is 11.6 Å². The molecule has 1 fully saturated rings. The molecule has 1 aromatic heterocycles. The third-order valence-electron chi connectivity index (χ3n) is 2.76. The highest BCUT2D eigenvalue weighted by Gasteiger charge is 2.28. The topological polar surface area (TPSA) is 33.2 Å². The first-order chi connectivity index (χ1) is 8.13. The molecule has 6 heteroatoms. The number of thiol groups is 1. The van der Waals surface area contributed by atoms with Crippen LogP contribution in [0.4, 0.5) is 5.69 Å². The number of fused-ring (bicyclic) bond motifs is 1. The van der Waals surface area contributed by atoms with Crippen molar-refractivity contribution in [2.75, 3.05) is 11.4 Å². The maximum Gasteiger partial charge on any atom is 0.228 e. The average molecular weight is 285 g/mol. The molecule has 1 unspecified atom stereocenters. The third kappa shape index (κ3) is 2.03. The van der Waals surface area contributed by atoms with E-state index >= 15 is 0 Å². The minimum absolute atomic E-state index is 0.125. The van der Waals surface area contributed by atoms with Gasteiger partial charge in [0.1, 0.15) is 0 Å². The maximum atomic E-state index is 11.8. The first-order valence-corrected chi connectivity index (χ1v) is 6.89. The SMILES string of the molecule is O=C1CC(S)CN1c1ccc2nc(Cl)sc2c1. The Balaban J connectivity index is 2.03. The zero-order valence-electron chi connectivity index (χ0n) is 8.76. The summed E-state index contributed by atoms with van der Waals surface area (Å²) in [7, 11) is 0. The van der Waals surface area contributed by atoms with Gasteiger partial charge in [-0.1, -0.05) is 11.6 Å². The molecule has 1 aliphatic heterocycles. The van der Waals surface area contributed by atoms with Crippen molar-refractivity contribution in [1.82, 2.24) is 4.98 Å². The summed E-state index contributed by atoms with van der Waals surface area (Å²) in [6, 6.07) is 5.76. The van der Waals surface area contributed by atoms with E-state index in [-0.39, 0.29) is 11.2 Å². The molecule has 2 heterocycles. The second kappa shape index (κ2) is 4.15. The van der Waals surface area contributed by atoms with E-state index in [0.29, 0.717) is 17.4 Å². The van der Waals surface area contributed by atoms with E-state index < -0.39 is 0 Å². The van der Waals surface area contributed by atoms with Crippen LogP contribution in [0.3, 0.4) is 0 Å². The smallest absolute Gasteiger partial charge is 0.228 e. The summed E-state index contributed by atoms with van der Waals surface area (Å²) in [6.45, 7) is 0.667. The maximum absolute atomic E-state index is 11.8. The van der Waals surface area contributed by atoms with Crippen molar-refractivity contribution in [3.63, 3.8) is 0 Å². The lowest BCUT2D eigenvalue weighted by Crippen LogP contribution is -2.24. The molecule has 3 rings (SSSR count). The van der Waals surface area contributed by atoms with E-state index in [2.05, 4.69) is 17.6 Å². The third-order valence-corrected chi connectivity index (χ3v) is 4.23. The van der Waals surface area contributed by atoms with Crippen LogP contribution in [0.15, 0.2) is 18.2 Å². The zero-order valence-corrected chi connectivity index (χ0v) is 11.2. The number of halogens is 1. The molecule has 1 atom stereocenters. The second-order valence-corrected chi connectivity index (χ2v) is 6.32. The largest absolute Gasteiger partial charge is 0.311 e. The summed E-state index contributed by atoms with van der Waals surface area (Å²) in [6.07, 6.45) is 0.505. The van der Waals surface area contributed by atoms with Crippen molar-refractivity contribution in [2.24, 2.45) is 0 Å². The Morgan fingerprint density at radius 2 is 2.35 bits per heavy atom. The highest BCUT2D eigenvalue weighted by Crippen LogP contribution is 2.31. The van der Waals surface area contributed by atoms with Crippen LogP contribution in [0.5, 0.6) is 0 Å². The monoisotopic (exact) mass is 284 g/mol. The van der Waals surface area contributed by atoms with E-state index in [1.54, 1.807) is 4.90 Å². The molecule has 0 bridgehead atoms. The van der Waals surface area contributed by atoms with Gasteiger partial charge >= 0.3 is 0 Å². The molecule has 3 nitrogen and oxygen atoms in total. The lowest BCUT2D eigenvalue weighted by atomic mass is 10.3. The van der Waals surface area contributed by atoms with Gasteiger partial charge in [-0.25, -0.2) is 4.98 Å². The van der Waals surface area contributed by atoms with Gasteiger partial charge < -0.3 is 4.90 Å². The number of hydrogen-bond donors (Lipinski definition) is 1. The minimum Gasteiger partial charge on any atom is -0.311 e. The van der Waals surface area contributed by atoms with Crippen molar-refractivity contribution >= 4 is 57.4 Å². The predicted octanol–water partition coefficient (Wildman–Crippen LogP) is 2.98. The summed E-state index contributed by atoms with van der Waals surface area (Å²) in [5.41, 5.74) is 1.78. The summed E-state index contributed by atoms with van der Waals surface area (Å²) >= 11 is 11.6. The van der Waals surface area contributed by atoms with Crippen molar-refractivity contribution in [1.29, 1.82) is 0 Å². The van der Waals surface area contributed by atoms with Gasteiger partial charge in [-0.15, -0.1) is 11.3 Å². The number of aromatic nitrogens is 1. The Morgan fingerprint density at radius 3 is 3.06 bits per heavy atom.